The molecule has 2 heteroatoms. The van der Waals surface area contributed by atoms with Crippen LogP contribution in [0.15, 0.2) is 24.3 Å². The van der Waals surface area contributed by atoms with Crippen molar-refractivity contribution in [2.24, 2.45) is 27.6 Å². The van der Waals surface area contributed by atoms with Crippen LogP contribution in [0.5, 0.6) is 0 Å². The fourth-order valence-electron chi connectivity index (χ4n) is 6.78. The van der Waals surface area contributed by atoms with Crippen molar-refractivity contribution in [3.05, 3.63) is 35.4 Å². The summed E-state index contributed by atoms with van der Waals surface area (Å²) in [4.78, 5) is 12.8. The maximum Gasteiger partial charge on any atom is 0.306 e. The number of hydrogen-bond acceptors (Lipinski definition) is 2. The number of rotatable bonds is 2. The van der Waals surface area contributed by atoms with E-state index in [4.69, 9.17) is 4.74 Å². The van der Waals surface area contributed by atoms with E-state index in [1.165, 1.54) is 24.0 Å². The van der Waals surface area contributed by atoms with Gasteiger partial charge in [-0.3, -0.25) is 4.79 Å². The first-order valence-electron chi connectivity index (χ1n) is 10.3. The lowest BCUT2D eigenvalue weighted by atomic mass is 9.66. The van der Waals surface area contributed by atoms with Crippen LogP contribution in [0.4, 0.5) is 0 Å². The third-order valence-corrected chi connectivity index (χ3v) is 8.17. The van der Waals surface area contributed by atoms with Crippen LogP contribution in [0.25, 0.3) is 0 Å². The summed E-state index contributed by atoms with van der Waals surface area (Å²) in [7, 11) is 0. The van der Waals surface area contributed by atoms with E-state index in [-0.39, 0.29) is 33.7 Å². The van der Waals surface area contributed by atoms with Gasteiger partial charge in [0.2, 0.25) is 0 Å². The van der Waals surface area contributed by atoms with Gasteiger partial charge in [0, 0.05) is 10.8 Å². The van der Waals surface area contributed by atoms with Gasteiger partial charge in [-0.1, -0.05) is 65.8 Å². The second-order valence-electron chi connectivity index (χ2n) is 11.2. The Morgan fingerprint density at radius 1 is 1.12 bits per heavy atom. The first kappa shape index (κ1) is 18.1. The van der Waals surface area contributed by atoms with Gasteiger partial charge in [-0.15, -0.1) is 0 Å². The van der Waals surface area contributed by atoms with E-state index in [0.29, 0.717) is 12.3 Å². The van der Waals surface area contributed by atoms with Crippen LogP contribution < -0.4 is 0 Å². The number of carbonyl (C=O) groups is 1. The molecule has 2 bridgehead atoms. The van der Waals surface area contributed by atoms with Gasteiger partial charge in [0.25, 0.3) is 0 Å². The number of ether oxygens (including phenoxy) is 1. The topological polar surface area (TPSA) is 26.3 Å². The molecule has 0 aromatic heterocycles. The molecule has 4 rings (SSSR count). The summed E-state index contributed by atoms with van der Waals surface area (Å²) in [5.41, 5.74) is 3.28. The van der Waals surface area contributed by atoms with Crippen molar-refractivity contribution in [3.8, 4) is 0 Å². The molecule has 0 heterocycles. The minimum absolute atomic E-state index is 0.0117. The molecule has 142 valence electrons. The van der Waals surface area contributed by atoms with Crippen LogP contribution in [0.3, 0.4) is 0 Å². The van der Waals surface area contributed by atoms with Crippen LogP contribution >= 0.6 is 0 Å². The average molecular weight is 355 g/mol. The Labute approximate surface area is 158 Å². The van der Waals surface area contributed by atoms with Gasteiger partial charge in [-0.05, 0) is 53.6 Å². The zero-order chi connectivity index (χ0) is 19.0. The van der Waals surface area contributed by atoms with Crippen LogP contribution in [-0.2, 0) is 22.4 Å². The Morgan fingerprint density at radius 2 is 1.69 bits per heavy atom. The number of fused-ring (bicyclic) bond motifs is 4. The molecule has 2 saturated carbocycles. The van der Waals surface area contributed by atoms with Crippen LogP contribution in [-0.4, -0.2) is 12.1 Å². The SMILES string of the molecule is CC(C)(C)CC(=O)O[C@@H]1C2(Cc3ccccc3C2)[C@H]2CC[C@]1(C)C2(C)C. The van der Waals surface area contributed by atoms with Crippen molar-refractivity contribution in [1.82, 2.24) is 0 Å². The molecule has 0 aliphatic heterocycles. The Morgan fingerprint density at radius 3 is 2.23 bits per heavy atom. The van der Waals surface area contributed by atoms with Crippen molar-refractivity contribution in [1.29, 1.82) is 0 Å². The molecule has 2 fully saturated rings. The predicted molar refractivity (Wildman–Crippen MR) is 105 cm³/mol. The molecular formula is C24H34O2. The lowest BCUT2D eigenvalue weighted by Crippen LogP contribution is -2.48. The second-order valence-corrected chi connectivity index (χ2v) is 11.2. The second kappa shape index (κ2) is 5.36. The van der Waals surface area contributed by atoms with Gasteiger partial charge in [0.05, 0.1) is 6.42 Å². The van der Waals surface area contributed by atoms with E-state index in [0.717, 1.165) is 12.8 Å². The highest BCUT2D eigenvalue weighted by Gasteiger charge is 2.74. The third-order valence-electron chi connectivity index (χ3n) is 8.17. The van der Waals surface area contributed by atoms with E-state index in [1.54, 1.807) is 0 Å². The zero-order valence-corrected chi connectivity index (χ0v) is 17.3. The largest absolute Gasteiger partial charge is 0.461 e. The van der Waals surface area contributed by atoms with Crippen molar-refractivity contribution in [3.63, 3.8) is 0 Å². The lowest BCUT2D eigenvalue weighted by molar-refractivity contribution is -0.169. The van der Waals surface area contributed by atoms with Gasteiger partial charge in [-0.25, -0.2) is 0 Å². The summed E-state index contributed by atoms with van der Waals surface area (Å²) in [6.07, 6.45) is 5.11. The van der Waals surface area contributed by atoms with Gasteiger partial charge in [0.15, 0.2) is 0 Å². The van der Waals surface area contributed by atoms with E-state index in [2.05, 4.69) is 65.8 Å². The van der Waals surface area contributed by atoms with Gasteiger partial charge in [0.1, 0.15) is 6.10 Å². The average Bonchev–Trinajstić information content (AvgIpc) is 3.02. The van der Waals surface area contributed by atoms with Crippen LogP contribution in [0.1, 0.15) is 71.9 Å². The fourth-order valence-corrected chi connectivity index (χ4v) is 6.78. The molecule has 3 atom stereocenters. The molecule has 0 saturated heterocycles. The smallest absolute Gasteiger partial charge is 0.306 e. The lowest BCUT2D eigenvalue weighted by Gasteiger charge is -2.44. The molecule has 26 heavy (non-hydrogen) atoms. The summed E-state index contributed by atoms with van der Waals surface area (Å²) < 4.78 is 6.39. The molecule has 0 radical (unpaired) electrons. The molecule has 2 nitrogen and oxygen atoms in total. The monoisotopic (exact) mass is 354 g/mol. The Bertz CT molecular complexity index is 714. The van der Waals surface area contributed by atoms with Crippen LogP contribution in [0.2, 0.25) is 0 Å². The highest BCUT2D eigenvalue weighted by molar-refractivity contribution is 5.70. The van der Waals surface area contributed by atoms with Crippen LogP contribution in [0, 0.1) is 27.6 Å². The van der Waals surface area contributed by atoms with Crippen molar-refractivity contribution >= 4 is 5.97 Å². The molecule has 1 aromatic rings. The molecular weight excluding hydrogens is 320 g/mol. The summed E-state index contributed by atoms with van der Waals surface area (Å²) >= 11 is 0. The van der Waals surface area contributed by atoms with E-state index >= 15 is 0 Å². The van der Waals surface area contributed by atoms with Crippen molar-refractivity contribution in [2.75, 3.05) is 0 Å². The summed E-state index contributed by atoms with van der Waals surface area (Å²) in [6, 6.07) is 8.86. The van der Waals surface area contributed by atoms with Gasteiger partial charge < -0.3 is 4.74 Å². The fraction of sp³-hybridized carbons (Fsp3) is 0.708. The number of esters is 1. The molecule has 0 N–H and O–H groups in total. The van der Waals surface area contributed by atoms with E-state index in [9.17, 15) is 4.79 Å². The predicted octanol–water partition coefficient (Wildman–Crippen LogP) is 5.58. The first-order chi connectivity index (χ1) is 12.0. The highest BCUT2D eigenvalue weighted by atomic mass is 16.5. The molecule has 1 spiro atoms. The Hall–Kier alpha value is -1.31. The molecule has 0 unspecified atom stereocenters. The van der Waals surface area contributed by atoms with Crippen molar-refractivity contribution in [2.45, 2.75) is 79.8 Å². The Kier molecular flexibility index (Phi) is 3.73. The molecule has 1 aromatic carbocycles. The number of hydrogen-bond donors (Lipinski definition) is 0. The minimum atomic E-state index is -0.0308. The third kappa shape index (κ3) is 2.33. The first-order valence-corrected chi connectivity index (χ1v) is 10.3. The standard InChI is InChI=1S/C24H34O2/c1-21(2,3)15-19(25)26-20-23(6)12-11-18(22(23,4)5)24(20)13-16-9-7-8-10-17(16)14-24/h7-10,18,20H,11-15H2,1-6H3/t18-,20-,23-/m0/s1. The quantitative estimate of drug-likeness (QED) is 0.648. The van der Waals surface area contributed by atoms with E-state index in [1.807, 2.05) is 0 Å². The Balaban J connectivity index is 1.72. The minimum Gasteiger partial charge on any atom is -0.461 e. The maximum absolute atomic E-state index is 12.8. The molecule has 0 amide bonds. The highest BCUT2D eigenvalue weighted by Crippen LogP contribution is 2.75. The normalized spacial score (nSPS) is 33.5. The molecule has 3 aliphatic rings. The summed E-state index contributed by atoms with van der Waals surface area (Å²) in [5.74, 6) is 0.613. The summed E-state index contributed by atoms with van der Waals surface area (Å²) in [5, 5.41) is 0. The summed E-state index contributed by atoms with van der Waals surface area (Å²) in [6.45, 7) is 13.6. The number of benzene rings is 1. The molecule has 3 aliphatic carbocycles. The van der Waals surface area contributed by atoms with Gasteiger partial charge >= 0.3 is 5.97 Å². The number of carbonyl (C=O) groups excluding carboxylic acids is 1. The zero-order valence-electron chi connectivity index (χ0n) is 17.3. The van der Waals surface area contributed by atoms with Gasteiger partial charge in [-0.2, -0.15) is 0 Å². The maximum atomic E-state index is 12.8. The van der Waals surface area contributed by atoms with E-state index < -0.39 is 0 Å². The van der Waals surface area contributed by atoms with Crippen molar-refractivity contribution < 1.29 is 9.53 Å².